The van der Waals surface area contributed by atoms with Gasteiger partial charge in [-0.15, -0.1) is 0 Å². The SMILES string of the molecule is NCC1(C(=O)Nc2ccc(OC(F)F)c(Cl)c2)CC1. The first kappa shape index (κ1) is 14.0. The normalized spacial score (nSPS) is 16.3. The topological polar surface area (TPSA) is 64.4 Å². The van der Waals surface area contributed by atoms with Gasteiger partial charge in [-0.05, 0) is 31.0 Å². The lowest BCUT2D eigenvalue weighted by Crippen LogP contribution is -2.30. The molecule has 1 aromatic rings. The number of anilines is 1. The van der Waals surface area contributed by atoms with Gasteiger partial charge in [-0.3, -0.25) is 4.79 Å². The molecular formula is C12H13ClF2N2O2. The Hall–Kier alpha value is -1.40. The van der Waals surface area contributed by atoms with Gasteiger partial charge in [0.25, 0.3) is 0 Å². The summed E-state index contributed by atoms with van der Waals surface area (Å²) in [6, 6.07) is 4.10. The Kier molecular flexibility index (Phi) is 3.91. The van der Waals surface area contributed by atoms with Crippen LogP contribution in [0.25, 0.3) is 0 Å². The Labute approximate surface area is 113 Å². The van der Waals surface area contributed by atoms with Crippen LogP contribution in [0.3, 0.4) is 0 Å². The summed E-state index contributed by atoms with van der Waals surface area (Å²) in [5.74, 6) is -0.303. The van der Waals surface area contributed by atoms with Gasteiger partial charge in [-0.1, -0.05) is 11.6 Å². The third-order valence-corrected chi connectivity index (χ3v) is 3.43. The van der Waals surface area contributed by atoms with Crippen molar-refractivity contribution in [3.63, 3.8) is 0 Å². The molecule has 1 saturated carbocycles. The zero-order valence-corrected chi connectivity index (χ0v) is 10.7. The van der Waals surface area contributed by atoms with Crippen molar-refractivity contribution in [2.75, 3.05) is 11.9 Å². The number of ether oxygens (including phenoxy) is 1. The van der Waals surface area contributed by atoms with Gasteiger partial charge >= 0.3 is 6.61 Å². The maximum Gasteiger partial charge on any atom is 0.387 e. The van der Waals surface area contributed by atoms with Crippen molar-refractivity contribution in [1.29, 1.82) is 0 Å². The lowest BCUT2D eigenvalue weighted by Gasteiger charge is -2.14. The van der Waals surface area contributed by atoms with Crippen molar-refractivity contribution < 1.29 is 18.3 Å². The number of nitrogens with two attached hydrogens (primary N) is 1. The molecule has 0 unspecified atom stereocenters. The molecule has 1 aromatic carbocycles. The van der Waals surface area contributed by atoms with E-state index in [1.54, 1.807) is 0 Å². The molecule has 0 heterocycles. The van der Waals surface area contributed by atoms with Crippen LogP contribution in [0.4, 0.5) is 14.5 Å². The molecule has 0 saturated heterocycles. The molecule has 1 amide bonds. The van der Waals surface area contributed by atoms with Crippen LogP contribution in [0.1, 0.15) is 12.8 Å². The van der Waals surface area contributed by atoms with Crippen molar-refractivity contribution >= 4 is 23.2 Å². The zero-order chi connectivity index (χ0) is 14.0. The van der Waals surface area contributed by atoms with Crippen LogP contribution in [0.2, 0.25) is 5.02 Å². The van der Waals surface area contributed by atoms with Gasteiger partial charge in [-0.2, -0.15) is 8.78 Å². The molecule has 7 heteroatoms. The maximum atomic E-state index is 12.1. The zero-order valence-electron chi connectivity index (χ0n) is 9.96. The summed E-state index contributed by atoms with van der Waals surface area (Å²) in [5, 5.41) is 2.68. The Balaban J connectivity index is 2.06. The number of amides is 1. The van der Waals surface area contributed by atoms with Crippen LogP contribution in [0, 0.1) is 5.41 Å². The van der Waals surface area contributed by atoms with E-state index in [1.165, 1.54) is 18.2 Å². The fraction of sp³-hybridized carbons (Fsp3) is 0.417. The third kappa shape index (κ3) is 3.13. The molecule has 1 aliphatic carbocycles. The first-order valence-corrected chi connectivity index (χ1v) is 6.10. The molecule has 3 N–H and O–H groups in total. The number of hydrogen-bond acceptors (Lipinski definition) is 3. The molecule has 0 atom stereocenters. The number of carbonyl (C=O) groups excluding carboxylic acids is 1. The van der Waals surface area contributed by atoms with Gasteiger partial charge < -0.3 is 15.8 Å². The molecule has 0 radical (unpaired) electrons. The first-order chi connectivity index (χ1) is 8.97. The second kappa shape index (κ2) is 5.30. The molecule has 1 aliphatic rings. The fourth-order valence-corrected chi connectivity index (χ4v) is 1.93. The molecule has 1 fully saturated rings. The number of hydrogen-bond donors (Lipinski definition) is 2. The second-order valence-corrected chi connectivity index (χ2v) is 4.87. The second-order valence-electron chi connectivity index (χ2n) is 4.46. The van der Waals surface area contributed by atoms with Crippen molar-refractivity contribution in [3.8, 4) is 5.75 Å². The van der Waals surface area contributed by atoms with E-state index in [1.807, 2.05) is 0 Å². The molecule has 4 nitrogen and oxygen atoms in total. The van der Waals surface area contributed by atoms with Crippen LogP contribution in [-0.2, 0) is 4.79 Å². The summed E-state index contributed by atoms with van der Waals surface area (Å²) < 4.78 is 28.3. The van der Waals surface area contributed by atoms with E-state index in [9.17, 15) is 13.6 Å². The quantitative estimate of drug-likeness (QED) is 0.876. The van der Waals surface area contributed by atoms with Crippen molar-refractivity contribution in [1.82, 2.24) is 0 Å². The molecule has 104 valence electrons. The number of rotatable bonds is 5. The fourth-order valence-electron chi connectivity index (χ4n) is 1.71. The largest absolute Gasteiger partial charge is 0.433 e. The minimum atomic E-state index is -2.94. The van der Waals surface area contributed by atoms with E-state index >= 15 is 0 Å². The number of nitrogens with one attached hydrogen (secondary N) is 1. The van der Waals surface area contributed by atoms with Gasteiger partial charge in [-0.25, -0.2) is 0 Å². The Morgan fingerprint density at radius 3 is 2.68 bits per heavy atom. The summed E-state index contributed by atoms with van der Waals surface area (Å²) >= 11 is 5.79. The van der Waals surface area contributed by atoms with Gasteiger partial charge in [0, 0.05) is 12.2 Å². The predicted molar refractivity (Wildman–Crippen MR) is 67.4 cm³/mol. The van der Waals surface area contributed by atoms with Gasteiger partial charge in [0.2, 0.25) is 5.91 Å². The maximum absolute atomic E-state index is 12.1. The third-order valence-electron chi connectivity index (χ3n) is 3.13. The van der Waals surface area contributed by atoms with Crippen LogP contribution in [0.5, 0.6) is 5.75 Å². The van der Waals surface area contributed by atoms with Gasteiger partial charge in [0.1, 0.15) is 5.75 Å². The standard InChI is InChI=1S/C12H13ClF2N2O2/c13-8-5-7(1-2-9(8)19-11(14)15)17-10(18)12(6-16)3-4-12/h1-2,5,11H,3-4,6,16H2,(H,17,18). The lowest BCUT2D eigenvalue weighted by molar-refractivity contribution is -0.120. The van der Waals surface area contributed by atoms with E-state index in [0.29, 0.717) is 12.2 Å². The molecule has 0 bridgehead atoms. The molecule has 2 rings (SSSR count). The van der Waals surface area contributed by atoms with Crippen LogP contribution in [0.15, 0.2) is 18.2 Å². The van der Waals surface area contributed by atoms with Gasteiger partial charge in [0.05, 0.1) is 10.4 Å². The van der Waals surface area contributed by atoms with E-state index in [2.05, 4.69) is 10.1 Å². The molecule has 0 aliphatic heterocycles. The van der Waals surface area contributed by atoms with E-state index in [-0.39, 0.29) is 16.7 Å². The average Bonchev–Trinajstić information content (AvgIpc) is 3.13. The highest BCUT2D eigenvalue weighted by atomic mass is 35.5. The Morgan fingerprint density at radius 2 is 2.21 bits per heavy atom. The molecule has 0 aromatic heterocycles. The monoisotopic (exact) mass is 290 g/mol. The number of carbonyl (C=O) groups is 1. The lowest BCUT2D eigenvalue weighted by atomic mass is 10.1. The predicted octanol–water partition coefficient (Wildman–Crippen LogP) is 2.62. The van der Waals surface area contributed by atoms with E-state index in [0.717, 1.165) is 12.8 Å². The van der Waals surface area contributed by atoms with Crippen LogP contribution >= 0.6 is 11.6 Å². The highest BCUT2D eigenvalue weighted by molar-refractivity contribution is 6.32. The van der Waals surface area contributed by atoms with Crippen molar-refractivity contribution in [2.24, 2.45) is 11.1 Å². The van der Waals surface area contributed by atoms with E-state index in [4.69, 9.17) is 17.3 Å². The Bertz CT molecular complexity index is 493. The first-order valence-electron chi connectivity index (χ1n) is 5.73. The number of halogens is 3. The van der Waals surface area contributed by atoms with Crippen LogP contribution < -0.4 is 15.8 Å². The number of alkyl halides is 2. The van der Waals surface area contributed by atoms with Crippen molar-refractivity contribution in [3.05, 3.63) is 23.2 Å². The van der Waals surface area contributed by atoms with Crippen molar-refractivity contribution in [2.45, 2.75) is 19.5 Å². The van der Waals surface area contributed by atoms with Gasteiger partial charge in [0.15, 0.2) is 0 Å². The van der Waals surface area contributed by atoms with E-state index < -0.39 is 12.0 Å². The molecule has 0 spiro atoms. The summed E-state index contributed by atoms with van der Waals surface area (Å²) in [7, 11) is 0. The summed E-state index contributed by atoms with van der Waals surface area (Å²) in [6.07, 6.45) is 1.52. The highest BCUT2D eigenvalue weighted by Crippen LogP contribution is 2.45. The summed E-state index contributed by atoms with van der Waals surface area (Å²) in [6.45, 7) is -2.65. The average molecular weight is 291 g/mol. The Morgan fingerprint density at radius 1 is 1.53 bits per heavy atom. The number of benzene rings is 1. The minimum absolute atomic E-state index is 0.00990. The highest BCUT2D eigenvalue weighted by Gasteiger charge is 2.48. The summed E-state index contributed by atoms with van der Waals surface area (Å²) in [5.41, 5.74) is 5.49. The minimum Gasteiger partial charge on any atom is -0.433 e. The summed E-state index contributed by atoms with van der Waals surface area (Å²) in [4.78, 5) is 11.9. The molecule has 19 heavy (non-hydrogen) atoms. The molecular weight excluding hydrogens is 278 g/mol. The smallest absolute Gasteiger partial charge is 0.387 e. The van der Waals surface area contributed by atoms with Crippen LogP contribution in [-0.4, -0.2) is 19.1 Å².